The number of hydrogen-bond acceptors (Lipinski definition) is 4. The number of amides is 1. The first kappa shape index (κ1) is 16.5. The molecule has 1 aromatic heterocycles. The molecule has 2 aromatic rings. The number of benzene rings is 1. The lowest BCUT2D eigenvalue weighted by atomic mass is 10.0. The molecule has 0 radical (unpaired) electrons. The standard InChI is InChI=1S/C19H22N2O3/c1-3-13-7-15(11-20-10-13)19(23)21-12-16(22)9-18(21)14-5-4-6-17(8-14)24-2/h4-8,10-11,16,18,22H,3,9,12H2,1-2H3/t16-,18+/m0/s1. The highest BCUT2D eigenvalue weighted by molar-refractivity contribution is 5.94. The smallest absolute Gasteiger partial charge is 0.256 e. The fraction of sp³-hybridized carbons (Fsp3) is 0.368. The Morgan fingerprint density at radius 1 is 1.38 bits per heavy atom. The molecule has 2 atom stereocenters. The zero-order valence-corrected chi connectivity index (χ0v) is 14.0. The predicted molar refractivity (Wildman–Crippen MR) is 91.0 cm³/mol. The van der Waals surface area contributed by atoms with E-state index in [2.05, 4.69) is 4.98 Å². The second-order valence-corrected chi connectivity index (χ2v) is 6.07. The van der Waals surface area contributed by atoms with E-state index in [-0.39, 0.29) is 11.9 Å². The number of carbonyl (C=O) groups is 1. The Morgan fingerprint density at radius 2 is 2.21 bits per heavy atom. The minimum atomic E-state index is -0.521. The van der Waals surface area contributed by atoms with Gasteiger partial charge >= 0.3 is 0 Å². The molecule has 1 fully saturated rings. The third kappa shape index (κ3) is 3.26. The van der Waals surface area contributed by atoms with Gasteiger partial charge in [0.1, 0.15) is 5.75 Å². The summed E-state index contributed by atoms with van der Waals surface area (Å²) < 4.78 is 5.28. The van der Waals surface area contributed by atoms with Gasteiger partial charge in [-0.25, -0.2) is 0 Å². The van der Waals surface area contributed by atoms with Crippen molar-refractivity contribution in [3.05, 3.63) is 59.4 Å². The van der Waals surface area contributed by atoms with Crippen molar-refractivity contribution >= 4 is 5.91 Å². The van der Waals surface area contributed by atoms with Gasteiger partial charge in [0.15, 0.2) is 0 Å². The van der Waals surface area contributed by atoms with Crippen molar-refractivity contribution in [1.29, 1.82) is 0 Å². The van der Waals surface area contributed by atoms with Gasteiger partial charge in [-0.15, -0.1) is 0 Å². The summed E-state index contributed by atoms with van der Waals surface area (Å²) in [5.41, 5.74) is 2.56. The van der Waals surface area contributed by atoms with E-state index >= 15 is 0 Å². The van der Waals surface area contributed by atoms with Crippen molar-refractivity contribution in [3.8, 4) is 5.75 Å². The van der Waals surface area contributed by atoms with Crippen LogP contribution in [0.1, 0.15) is 40.9 Å². The zero-order valence-electron chi connectivity index (χ0n) is 14.0. The van der Waals surface area contributed by atoms with Crippen LogP contribution >= 0.6 is 0 Å². The van der Waals surface area contributed by atoms with Gasteiger partial charge < -0.3 is 14.7 Å². The molecular weight excluding hydrogens is 304 g/mol. The number of pyridine rings is 1. The maximum atomic E-state index is 12.9. The number of aryl methyl sites for hydroxylation is 1. The van der Waals surface area contributed by atoms with Crippen LogP contribution in [0.15, 0.2) is 42.7 Å². The quantitative estimate of drug-likeness (QED) is 0.938. The van der Waals surface area contributed by atoms with Gasteiger partial charge in [-0.05, 0) is 42.2 Å². The van der Waals surface area contributed by atoms with Gasteiger partial charge in [-0.1, -0.05) is 19.1 Å². The number of aliphatic hydroxyl groups excluding tert-OH is 1. The van der Waals surface area contributed by atoms with Crippen molar-refractivity contribution in [3.63, 3.8) is 0 Å². The summed E-state index contributed by atoms with van der Waals surface area (Å²) in [6, 6.07) is 9.38. The summed E-state index contributed by atoms with van der Waals surface area (Å²) in [5, 5.41) is 10.1. The Balaban J connectivity index is 1.90. The lowest BCUT2D eigenvalue weighted by Crippen LogP contribution is -2.32. The highest BCUT2D eigenvalue weighted by Crippen LogP contribution is 2.34. The molecule has 1 aliphatic rings. The zero-order chi connectivity index (χ0) is 17.1. The molecule has 3 rings (SSSR count). The maximum absolute atomic E-state index is 12.9. The van der Waals surface area contributed by atoms with Gasteiger partial charge in [0.25, 0.3) is 5.91 Å². The third-order valence-corrected chi connectivity index (χ3v) is 4.47. The molecule has 5 heteroatoms. The van der Waals surface area contributed by atoms with E-state index in [4.69, 9.17) is 4.74 Å². The molecule has 0 spiro atoms. The lowest BCUT2D eigenvalue weighted by Gasteiger charge is -2.25. The minimum Gasteiger partial charge on any atom is -0.497 e. The highest BCUT2D eigenvalue weighted by atomic mass is 16.5. The highest BCUT2D eigenvalue weighted by Gasteiger charge is 2.36. The molecular formula is C19H22N2O3. The van der Waals surface area contributed by atoms with E-state index in [0.29, 0.717) is 18.5 Å². The number of hydrogen-bond donors (Lipinski definition) is 1. The summed E-state index contributed by atoms with van der Waals surface area (Å²) in [6.45, 7) is 2.36. The second-order valence-electron chi connectivity index (χ2n) is 6.07. The average Bonchev–Trinajstić information content (AvgIpc) is 3.03. The van der Waals surface area contributed by atoms with Crippen LogP contribution in [-0.4, -0.2) is 40.7 Å². The predicted octanol–water partition coefficient (Wildman–Crippen LogP) is 2.60. The fourth-order valence-electron chi connectivity index (χ4n) is 3.17. The summed E-state index contributed by atoms with van der Waals surface area (Å²) in [5.74, 6) is 0.651. The Labute approximate surface area is 141 Å². The maximum Gasteiger partial charge on any atom is 0.256 e. The van der Waals surface area contributed by atoms with Crippen molar-refractivity contribution in [2.75, 3.05) is 13.7 Å². The summed E-state index contributed by atoms with van der Waals surface area (Å²) in [6.07, 6.45) is 4.20. The Morgan fingerprint density at radius 3 is 2.96 bits per heavy atom. The van der Waals surface area contributed by atoms with Crippen LogP contribution in [0.5, 0.6) is 5.75 Å². The largest absolute Gasteiger partial charge is 0.497 e. The van der Waals surface area contributed by atoms with Crippen molar-refractivity contribution in [2.45, 2.75) is 31.9 Å². The molecule has 1 aromatic carbocycles. The fourth-order valence-corrected chi connectivity index (χ4v) is 3.17. The minimum absolute atomic E-state index is 0.0952. The van der Waals surface area contributed by atoms with E-state index in [1.165, 1.54) is 0 Å². The number of ether oxygens (including phenoxy) is 1. The number of likely N-dealkylation sites (tertiary alicyclic amines) is 1. The molecule has 5 nitrogen and oxygen atoms in total. The average molecular weight is 326 g/mol. The van der Waals surface area contributed by atoms with Crippen LogP contribution in [0.3, 0.4) is 0 Å². The molecule has 1 aliphatic heterocycles. The van der Waals surface area contributed by atoms with E-state index < -0.39 is 6.10 Å². The van der Waals surface area contributed by atoms with Crippen LogP contribution in [0.4, 0.5) is 0 Å². The van der Waals surface area contributed by atoms with Gasteiger partial charge in [-0.3, -0.25) is 9.78 Å². The summed E-state index contributed by atoms with van der Waals surface area (Å²) >= 11 is 0. The van der Waals surface area contributed by atoms with Crippen LogP contribution in [0.25, 0.3) is 0 Å². The number of carbonyl (C=O) groups excluding carboxylic acids is 1. The lowest BCUT2D eigenvalue weighted by molar-refractivity contribution is 0.0715. The van der Waals surface area contributed by atoms with Gasteiger partial charge in [0, 0.05) is 18.9 Å². The summed E-state index contributed by atoms with van der Waals surface area (Å²) in [4.78, 5) is 18.8. The van der Waals surface area contributed by atoms with E-state index in [1.807, 2.05) is 37.3 Å². The van der Waals surface area contributed by atoms with Crippen LogP contribution < -0.4 is 4.74 Å². The number of aromatic nitrogens is 1. The van der Waals surface area contributed by atoms with Crippen molar-refractivity contribution in [1.82, 2.24) is 9.88 Å². The van der Waals surface area contributed by atoms with E-state index in [9.17, 15) is 9.90 Å². The van der Waals surface area contributed by atoms with Crippen molar-refractivity contribution in [2.24, 2.45) is 0 Å². The first-order chi connectivity index (χ1) is 11.6. The van der Waals surface area contributed by atoms with Crippen molar-refractivity contribution < 1.29 is 14.6 Å². The van der Waals surface area contributed by atoms with Crippen LogP contribution in [0.2, 0.25) is 0 Å². The van der Waals surface area contributed by atoms with Crippen LogP contribution in [-0.2, 0) is 6.42 Å². The number of aliphatic hydroxyl groups is 1. The third-order valence-electron chi connectivity index (χ3n) is 4.47. The molecule has 0 unspecified atom stereocenters. The van der Waals surface area contributed by atoms with E-state index in [1.54, 1.807) is 24.4 Å². The van der Waals surface area contributed by atoms with Gasteiger partial charge in [-0.2, -0.15) is 0 Å². The first-order valence-electron chi connectivity index (χ1n) is 8.19. The molecule has 0 saturated carbocycles. The SMILES string of the molecule is CCc1cncc(C(=O)N2C[C@@H](O)C[C@@H]2c2cccc(OC)c2)c1. The molecule has 1 N–H and O–H groups in total. The van der Waals surface area contributed by atoms with Gasteiger partial charge in [0.2, 0.25) is 0 Å². The first-order valence-corrected chi connectivity index (χ1v) is 8.19. The molecule has 2 heterocycles. The molecule has 1 amide bonds. The number of nitrogens with zero attached hydrogens (tertiary/aromatic N) is 2. The molecule has 24 heavy (non-hydrogen) atoms. The molecule has 0 aliphatic carbocycles. The number of β-amino-alcohol motifs (C(OH)–C–C–N with tert-alkyl or cyclic N) is 1. The topological polar surface area (TPSA) is 62.7 Å². The van der Waals surface area contributed by atoms with Gasteiger partial charge in [0.05, 0.1) is 24.8 Å². The monoisotopic (exact) mass is 326 g/mol. The molecule has 126 valence electrons. The molecule has 0 bridgehead atoms. The number of rotatable bonds is 4. The summed E-state index contributed by atoms with van der Waals surface area (Å²) in [7, 11) is 1.62. The molecule has 1 saturated heterocycles. The Hall–Kier alpha value is -2.40. The second kappa shape index (κ2) is 7.01. The number of methoxy groups -OCH3 is 1. The Kier molecular flexibility index (Phi) is 4.81. The van der Waals surface area contributed by atoms with Crippen LogP contribution in [0, 0.1) is 0 Å². The normalized spacial score (nSPS) is 20.2. The Bertz CT molecular complexity index is 732. The van der Waals surface area contributed by atoms with E-state index in [0.717, 1.165) is 23.3 Å².